The molecule has 0 atom stereocenters. The number of pyridine rings is 1. The molecule has 2 heterocycles. The van der Waals surface area contributed by atoms with Crippen molar-refractivity contribution in [2.24, 2.45) is 0 Å². The zero-order valence-electron chi connectivity index (χ0n) is 15.8. The SMILES string of the molecule is CN(C)S(=O)(=O)Nc1ccc(N2CCC(NCc3cccnc3)CC2)cc1. The van der Waals surface area contributed by atoms with Crippen molar-refractivity contribution >= 4 is 21.6 Å². The van der Waals surface area contributed by atoms with Crippen LogP contribution in [0.25, 0.3) is 0 Å². The van der Waals surface area contributed by atoms with Gasteiger partial charge in [-0.05, 0) is 48.7 Å². The van der Waals surface area contributed by atoms with Crippen LogP contribution in [0.4, 0.5) is 11.4 Å². The summed E-state index contributed by atoms with van der Waals surface area (Å²) in [4.78, 5) is 6.49. The maximum Gasteiger partial charge on any atom is 0.301 e. The maximum absolute atomic E-state index is 11.9. The van der Waals surface area contributed by atoms with Gasteiger partial charge in [0.2, 0.25) is 0 Å². The lowest BCUT2D eigenvalue weighted by Gasteiger charge is -2.34. The van der Waals surface area contributed by atoms with E-state index in [1.54, 1.807) is 6.20 Å². The third-order valence-corrected chi connectivity index (χ3v) is 6.23. The van der Waals surface area contributed by atoms with Crippen LogP contribution in [0.5, 0.6) is 0 Å². The summed E-state index contributed by atoms with van der Waals surface area (Å²) in [6.45, 7) is 2.81. The molecule has 146 valence electrons. The number of anilines is 2. The first kappa shape index (κ1) is 19.6. The van der Waals surface area contributed by atoms with Crippen molar-refractivity contribution in [1.29, 1.82) is 0 Å². The van der Waals surface area contributed by atoms with Gasteiger partial charge >= 0.3 is 10.2 Å². The zero-order chi connectivity index (χ0) is 19.3. The van der Waals surface area contributed by atoms with E-state index >= 15 is 0 Å². The molecule has 27 heavy (non-hydrogen) atoms. The first-order chi connectivity index (χ1) is 12.9. The Hall–Kier alpha value is -2.16. The van der Waals surface area contributed by atoms with E-state index in [9.17, 15) is 8.42 Å². The van der Waals surface area contributed by atoms with Gasteiger partial charge in [-0.3, -0.25) is 9.71 Å². The van der Waals surface area contributed by atoms with Gasteiger partial charge < -0.3 is 10.2 Å². The van der Waals surface area contributed by atoms with Gasteiger partial charge in [0.1, 0.15) is 0 Å². The number of benzene rings is 1. The van der Waals surface area contributed by atoms with E-state index in [4.69, 9.17) is 0 Å². The van der Waals surface area contributed by atoms with Crippen LogP contribution in [0.2, 0.25) is 0 Å². The quantitative estimate of drug-likeness (QED) is 0.758. The molecule has 0 unspecified atom stereocenters. The Morgan fingerprint density at radius 2 is 1.85 bits per heavy atom. The number of hydrogen-bond donors (Lipinski definition) is 2. The molecular formula is C19H27N5O2S. The molecule has 2 aromatic rings. The van der Waals surface area contributed by atoms with Gasteiger partial charge in [-0.1, -0.05) is 6.07 Å². The molecule has 1 fully saturated rings. The molecule has 0 saturated carbocycles. The topological polar surface area (TPSA) is 77.6 Å². The van der Waals surface area contributed by atoms with Crippen LogP contribution in [-0.4, -0.2) is 50.9 Å². The van der Waals surface area contributed by atoms with Crippen LogP contribution >= 0.6 is 0 Å². The molecule has 0 aliphatic carbocycles. The molecule has 3 rings (SSSR count). The lowest BCUT2D eigenvalue weighted by molar-refractivity contribution is 0.414. The second-order valence-electron chi connectivity index (χ2n) is 6.94. The molecule has 1 aromatic heterocycles. The zero-order valence-corrected chi connectivity index (χ0v) is 16.6. The molecule has 7 nitrogen and oxygen atoms in total. The van der Waals surface area contributed by atoms with Gasteiger partial charge in [-0.15, -0.1) is 0 Å². The average molecular weight is 390 g/mol. The summed E-state index contributed by atoms with van der Waals surface area (Å²) in [5, 5.41) is 3.61. The standard InChI is InChI=1S/C19H27N5O2S/c1-23(2)27(25,26)22-18-5-7-19(8-6-18)24-12-9-17(10-13-24)21-15-16-4-3-11-20-14-16/h3-8,11,14,17,21-22H,9-10,12-13,15H2,1-2H3. The fourth-order valence-corrected chi connectivity index (χ4v) is 3.70. The first-order valence-electron chi connectivity index (χ1n) is 9.11. The summed E-state index contributed by atoms with van der Waals surface area (Å²) >= 11 is 0. The van der Waals surface area contributed by atoms with Gasteiger partial charge in [0, 0.05) is 63.5 Å². The van der Waals surface area contributed by atoms with E-state index in [0.29, 0.717) is 11.7 Å². The molecule has 1 aliphatic rings. The summed E-state index contributed by atoms with van der Waals surface area (Å²) in [5.74, 6) is 0. The highest BCUT2D eigenvalue weighted by molar-refractivity contribution is 7.90. The monoisotopic (exact) mass is 389 g/mol. The summed E-state index contributed by atoms with van der Waals surface area (Å²) in [5.41, 5.74) is 2.89. The third-order valence-electron chi connectivity index (χ3n) is 4.77. The fraction of sp³-hybridized carbons (Fsp3) is 0.421. The van der Waals surface area contributed by atoms with Crippen LogP contribution in [0, 0.1) is 0 Å². The summed E-state index contributed by atoms with van der Waals surface area (Å²) in [6.07, 6.45) is 5.84. The number of hydrogen-bond acceptors (Lipinski definition) is 5. The van der Waals surface area contributed by atoms with Crippen molar-refractivity contribution in [2.45, 2.75) is 25.4 Å². The van der Waals surface area contributed by atoms with E-state index in [1.165, 1.54) is 19.7 Å². The minimum atomic E-state index is -3.47. The molecule has 1 aromatic carbocycles. The number of aromatic nitrogens is 1. The summed E-state index contributed by atoms with van der Waals surface area (Å²) in [7, 11) is -0.462. The minimum absolute atomic E-state index is 0.507. The molecule has 8 heteroatoms. The van der Waals surface area contributed by atoms with E-state index in [1.807, 2.05) is 36.5 Å². The molecule has 0 amide bonds. The average Bonchev–Trinajstić information content (AvgIpc) is 2.68. The van der Waals surface area contributed by atoms with Crippen LogP contribution in [0.15, 0.2) is 48.8 Å². The molecule has 1 saturated heterocycles. The first-order valence-corrected chi connectivity index (χ1v) is 10.6. The van der Waals surface area contributed by atoms with Crippen molar-refractivity contribution in [3.8, 4) is 0 Å². The van der Waals surface area contributed by atoms with Gasteiger partial charge in [0.05, 0.1) is 0 Å². The van der Waals surface area contributed by atoms with E-state index < -0.39 is 10.2 Å². The second-order valence-corrected chi connectivity index (χ2v) is 8.82. The minimum Gasteiger partial charge on any atom is -0.371 e. The predicted molar refractivity (Wildman–Crippen MR) is 109 cm³/mol. The highest BCUT2D eigenvalue weighted by atomic mass is 32.2. The van der Waals surface area contributed by atoms with Crippen molar-refractivity contribution in [3.63, 3.8) is 0 Å². The highest BCUT2D eigenvalue weighted by Gasteiger charge is 2.19. The van der Waals surface area contributed by atoms with Crippen LogP contribution in [0.1, 0.15) is 18.4 Å². The van der Waals surface area contributed by atoms with Crippen molar-refractivity contribution in [2.75, 3.05) is 36.8 Å². The lowest BCUT2D eigenvalue weighted by atomic mass is 10.0. The third kappa shape index (κ3) is 5.41. The van der Waals surface area contributed by atoms with Crippen molar-refractivity contribution < 1.29 is 8.42 Å². The molecule has 1 aliphatic heterocycles. The second kappa shape index (κ2) is 8.69. The summed E-state index contributed by atoms with van der Waals surface area (Å²) < 4.78 is 27.5. The Morgan fingerprint density at radius 3 is 2.44 bits per heavy atom. The molecule has 0 bridgehead atoms. The summed E-state index contributed by atoms with van der Waals surface area (Å²) in [6, 6.07) is 12.1. The van der Waals surface area contributed by atoms with Crippen molar-refractivity contribution in [1.82, 2.24) is 14.6 Å². The molecule has 0 spiro atoms. The van der Waals surface area contributed by atoms with Crippen LogP contribution in [0.3, 0.4) is 0 Å². The van der Waals surface area contributed by atoms with Crippen LogP contribution < -0.4 is 14.9 Å². The highest BCUT2D eigenvalue weighted by Crippen LogP contribution is 2.23. The van der Waals surface area contributed by atoms with Crippen molar-refractivity contribution in [3.05, 3.63) is 54.4 Å². The predicted octanol–water partition coefficient (Wildman–Crippen LogP) is 2.06. The number of nitrogens with zero attached hydrogens (tertiary/aromatic N) is 3. The van der Waals surface area contributed by atoms with Gasteiger partial charge in [0.15, 0.2) is 0 Å². The van der Waals surface area contributed by atoms with Gasteiger partial charge in [0.25, 0.3) is 0 Å². The number of piperidine rings is 1. The lowest BCUT2D eigenvalue weighted by Crippen LogP contribution is -2.42. The largest absolute Gasteiger partial charge is 0.371 e. The number of nitrogens with one attached hydrogen (secondary N) is 2. The normalized spacial score (nSPS) is 15.9. The fourth-order valence-electron chi connectivity index (χ4n) is 3.09. The molecular weight excluding hydrogens is 362 g/mol. The van der Waals surface area contributed by atoms with E-state index in [2.05, 4.69) is 26.0 Å². The maximum atomic E-state index is 11.9. The Morgan fingerprint density at radius 1 is 1.15 bits per heavy atom. The Balaban J connectivity index is 1.49. The van der Waals surface area contributed by atoms with Crippen LogP contribution in [-0.2, 0) is 16.8 Å². The smallest absolute Gasteiger partial charge is 0.301 e. The van der Waals surface area contributed by atoms with E-state index in [-0.39, 0.29) is 0 Å². The van der Waals surface area contributed by atoms with Gasteiger partial charge in [-0.25, -0.2) is 0 Å². The Labute approximate surface area is 161 Å². The Bertz CT molecular complexity index is 817. The Kier molecular flexibility index (Phi) is 6.30. The molecule has 0 radical (unpaired) electrons. The number of rotatable bonds is 7. The van der Waals surface area contributed by atoms with E-state index in [0.717, 1.165) is 42.5 Å². The molecule has 2 N–H and O–H groups in total. The van der Waals surface area contributed by atoms with Gasteiger partial charge in [-0.2, -0.15) is 12.7 Å².